The molecule has 1 aromatic rings. The Kier molecular flexibility index (Phi) is 4.12. The van der Waals surface area contributed by atoms with Gasteiger partial charge in [0.2, 0.25) is 0 Å². The van der Waals surface area contributed by atoms with E-state index < -0.39 is 12.2 Å². The third kappa shape index (κ3) is 2.68. The summed E-state index contributed by atoms with van der Waals surface area (Å²) in [5.41, 5.74) is 9.51. The monoisotopic (exact) mass is 276 g/mol. The highest BCUT2D eigenvalue weighted by Gasteiger charge is 2.29. The molecule has 0 saturated heterocycles. The standard InChI is InChI=1S/C13H16N4O3/c1-8-13(19)17(2)10-7-9(3-4-12(10)20-8)11(18)5-6-15-16-14/h3-4,7-8,11,18H,5-6H2,1-2H3. The van der Waals surface area contributed by atoms with Crippen molar-refractivity contribution in [2.75, 3.05) is 18.5 Å². The molecule has 2 atom stereocenters. The summed E-state index contributed by atoms with van der Waals surface area (Å²) in [5.74, 6) is 0.490. The number of nitrogens with zero attached hydrogens (tertiary/aromatic N) is 4. The largest absolute Gasteiger partial charge is 0.479 e. The van der Waals surface area contributed by atoms with E-state index in [0.29, 0.717) is 23.4 Å². The molecule has 106 valence electrons. The number of rotatable bonds is 4. The van der Waals surface area contributed by atoms with Crippen LogP contribution >= 0.6 is 0 Å². The lowest BCUT2D eigenvalue weighted by Gasteiger charge is -2.30. The van der Waals surface area contributed by atoms with Gasteiger partial charge >= 0.3 is 0 Å². The highest BCUT2D eigenvalue weighted by atomic mass is 16.5. The summed E-state index contributed by atoms with van der Waals surface area (Å²) < 4.78 is 5.51. The number of amides is 1. The molecule has 1 aromatic carbocycles. The van der Waals surface area contributed by atoms with Crippen LogP contribution in [0.4, 0.5) is 5.69 Å². The molecule has 0 aliphatic carbocycles. The highest BCUT2D eigenvalue weighted by Crippen LogP contribution is 2.35. The van der Waals surface area contributed by atoms with Crippen LogP contribution in [0.3, 0.4) is 0 Å². The second-order valence-electron chi connectivity index (χ2n) is 4.64. The number of azide groups is 1. The van der Waals surface area contributed by atoms with Crippen LogP contribution < -0.4 is 9.64 Å². The number of hydrogen-bond acceptors (Lipinski definition) is 4. The summed E-state index contributed by atoms with van der Waals surface area (Å²) in [7, 11) is 1.68. The lowest BCUT2D eigenvalue weighted by atomic mass is 10.0. The van der Waals surface area contributed by atoms with Crippen LogP contribution in [0, 0.1) is 0 Å². The quantitative estimate of drug-likeness (QED) is 0.518. The molecule has 1 N–H and O–H groups in total. The van der Waals surface area contributed by atoms with E-state index >= 15 is 0 Å². The summed E-state index contributed by atoms with van der Waals surface area (Å²) in [6.07, 6.45) is -0.917. The van der Waals surface area contributed by atoms with Gasteiger partial charge in [-0.2, -0.15) is 0 Å². The van der Waals surface area contributed by atoms with Gasteiger partial charge in [0.25, 0.3) is 5.91 Å². The van der Waals surface area contributed by atoms with Crippen molar-refractivity contribution in [3.63, 3.8) is 0 Å². The van der Waals surface area contributed by atoms with Crippen molar-refractivity contribution < 1.29 is 14.6 Å². The maximum atomic E-state index is 11.9. The number of carbonyl (C=O) groups is 1. The molecule has 1 aliphatic heterocycles. The molecule has 0 saturated carbocycles. The van der Waals surface area contributed by atoms with Gasteiger partial charge in [-0.15, -0.1) is 0 Å². The summed E-state index contributed by atoms with van der Waals surface area (Å²) in [4.78, 5) is 16.0. The lowest BCUT2D eigenvalue weighted by Crippen LogP contribution is -2.42. The van der Waals surface area contributed by atoms with Gasteiger partial charge in [0.05, 0.1) is 11.8 Å². The van der Waals surface area contributed by atoms with Gasteiger partial charge in [0.1, 0.15) is 5.75 Å². The van der Waals surface area contributed by atoms with Crippen LogP contribution in [0.1, 0.15) is 25.0 Å². The van der Waals surface area contributed by atoms with Gasteiger partial charge in [-0.1, -0.05) is 11.2 Å². The van der Waals surface area contributed by atoms with Crippen molar-refractivity contribution in [3.8, 4) is 5.75 Å². The fourth-order valence-electron chi connectivity index (χ4n) is 2.13. The molecular weight excluding hydrogens is 260 g/mol. The van der Waals surface area contributed by atoms with Crippen molar-refractivity contribution in [2.24, 2.45) is 5.11 Å². The molecule has 1 heterocycles. The van der Waals surface area contributed by atoms with Crippen LogP contribution in [0.5, 0.6) is 5.75 Å². The topological polar surface area (TPSA) is 98.5 Å². The maximum absolute atomic E-state index is 11.9. The second kappa shape index (κ2) is 5.81. The SMILES string of the molecule is CC1Oc2ccc(C(O)CCN=[N+]=[N-])cc2N(C)C1=O. The number of carbonyl (C=O) groups excluding carboxylic acids is 1. The van der Waals surface area contributed by atoms with Crippen molar-refractivity contribution in [3.05, 3.63) is 34.2 Å². The molecule has 0 aromatic heterocycles. The highest BCUT2D eigenvalue weighted by molar-refractivity contribution is 5.99. The molecule has 2 unspecified atom stereocenters. The number of fused-ring (bicyclic) bond motifs is 1. The summed E-state index contributed by atoms with van der Waals surface area (Å²) in [6, 6.07) is 5.21. The van der Waals surface area contributed by atoms with Gasteiger partial charge in [-0.05, 0) is 36.6 Å². The molecule has 1 aliphatic rings. The zero-order valence-corrected chi connectivity index (χ0v) is 11.4. The number of benzene rings is 1. The zero-order valence-electron chi connectivity index (χ0n) is 11.4. The molecule has 2 rings (SSSR count). The fraction of sp³-hybridized carbons (Fsp3) is 0.462. The summed E-state index contributed by atoms with van der Waals surface area (Å²) in [6.45, 7) is 1.92. The van der Waals surface area contributed by atoms with Gasteiger partial charge in [-0.3, -0.25) is 4.79 Å². The van der Waals surface area contributed by atoms with Crippen LogP contribution in [0.15, 0.2) is 23.3 Å². The molecule has 7 nitrogen and oxygen atoms in total. The van der Waals surface area contributed by atoms with Gasteiger partial charge in [0.15, 0.2) is 6.10 Å². The van der Waals surface area contributed by atoms with Crippen molar-refractivity contribution in [1.29, 1.82) is 0 Å². The van der Waals surface area contributed by atoms with E-state index in [-0.39, 0.29) is 12.5 Å². The van der Waals surface area contributed by atoms with E-state index in [1.165, 1.54) is 4.90 Å². The molecule has 0 spiro atoms. The summed E-state index contributed by atoms with van der Waals surface area (Å²) >= 11 is 0. The minimum atomic E-state index is -0.742. The number of ether oxygens (including phenoxy) is 1. The Labute approximate surface area is 116 Å². The van der Waals surface area contributed by atoms with Crippen LogP contribution in [-0.2, 0) is 4.79 Å². The molecule has 1 amide bonds. The van der Waals surface area contributed by atoms with Gasteiger partial charge in [0, 0.05) is 18.5 Å². The zero-order chi connectivity index (χ0) is 14.7. The van der Waals surface area contributed by atoms with E-state index in [4.69, 9.17) is 10.3 Å². The Bertz CT molecular complexity index is 569. The van der Waals surface area contributed by atoms with E-state index in [1.54, 1.807) is 32.2 Å². The predicted octanol–water partition coefficient (Wildman–Crippen LogP) is 2.16. The van der Waals surface area contributed by atoms with E-state index in [9.17, 15) is 9.90 Å². The Morgan fingerprint density at radius 3 is 3.05 bits per heavy atom. The average Bonchev–Trinajstić information content (AvgIpc) is 2.45. The number of anilines is 1. The van der Waals surface area contributed by atoms with E-state index in [2.05, 4.69) is 10.0 Å². The van der Waals surface area contributed by atoms with Crippen LogP contribution in [0.2, 0.25) is 0 Å². The number of aliphatic hydroxyl groups excluding tert-OH is 1. The third-order valence-corrected chi connectivity index (χ3v) is 3.28. The van der Waals surface area contributed by atoms with E-state index in [0.717, 1.165) is 0 Å². The van der Waals surface area contributed by atoms with Crippen LogP contribution in [0.25, 0.3) is 10.4 Å². The smallest absolute Gasteiger partial charge is 0.267 e. The molecule has 0 bridgehead atoms. The molecule has 0 radical (unpaired) electrons. The van der Waals surface area contributed by atoms with Crippen molar-refractivity contribution in [1.82, 2.24) is 0 Å². The third-order valence-electron chi connectivity index (χ3n) is 3.28. The summed E-state index contributed by atoms with van der Waals surface area (Å²) in [5, 5.41) is 13.4. The predicted molar refractivity (Wildman–Crippen MR) is 73.5 cm³/mol. The second-order valence-corrected chi connectivity index (χ2v) is 4.64. The number of hydrogen-bond donors (Lipinski definition) is 1. The number of likely N-dealkylation sites (N-methyl/N-ethyl adjacent to an activating group) is 1. The van der Waals surface area contributed by atoms with Crippen LogP contribution in [-0.4, -0.2) is 30.7 Å². The molecular formula is C13H16N4O3. The maximum Gasteiger partial charge on any atom is 0.267 e. The van der Waals surface area contributed by atoms with Gasteiger partial charge in [-0.25, -0.2) is 0 Å². The lowest BCUT2D eigenvalue weighted by molar-refractivity contribution is -0.125. The first kappa shape index (κ1) is 14.2. The molecule has 0 fully saturated rings. The minimum Gasteiger partial charge on any atom is -0.479 e. The fourth-order valence-corrected chi connectivity index (χ4v) is 2.13. The first-order chi connectivity index (χ1) is 9.54. The average molecular weight is 276 g/mol. The normalized spacial score (nSPS) is 18.9. The minimum absolute atomic E-state index is 0.127. The number of aliphatic hydroxyl groups is 1. The Balaban J connectivity index is 2.23. The Morgan fingerprint density at radius 2 is 2.35 bits per heavy atom. The Hall–Kier alpha value is -2.24. The first-order valence-electron chi connectivity index (χ1n) is 6.31. The van der Waals surface area contributed by atoms with E-state index in [1.807, 2.05) is 0 Å². The first-order valence-corrected chi connectivity index (χ1v) is 6.31. The van der Waals surface area contributed by atoms with Crippen molar-refractivity contribution >= 4 is 11.6 Å². The van der Waals surface area contributed by atoms with Gasteiger partial charge < -0.3 is 14.7 Å². The molecule has 20 heavy (non-hydrogen) atoms. The van der Waals surface area contributed by atoms with Crippen molar-refractivity contribution in [2.45, 2.75) is 25.6 Å². The Morgan fingerprint density at radius 1 is 1.60 bits per heavy atom. The molecule has 7 heteroatoms.